The van der Waals surface area contributed by atoms with Gasteiger partial charge in [0, 0.05) is 56.2 Å². The van der Waals surface area contributed by atoms with E-state index in [1.54, 1.807) is 18.5 Å². The van der Waals surface area contributed by atoms with Crippen LogP contribution in [0.15, 0.2) is 79.4 Å². The van der Waals surface area contributed by atoms with Crippen molar-refractivity contribution in [1.29, 1.82) is 5.26 Å². The van der Waals surface area contributed by atoms with Gasteiger partial charge in [0.1, 0.15) is 17.4 Å². The molecular weight excluding hydrogens is 502 g/mol. The number of rotatable bonds is 6. The molecule has 1 aliphatic rings. The van der Waals surface area contributed by atoms with E-state index >= 15 is 0 Å². The molecule has 198 valence electrons. The molecule has 0 radical (unpaired) electrons. The van der Waals surface area contributed by atoms with Crippen molar-refractivity contribution in [3.05, 3.63) is 96.1 Å². The van der Waals surface area contributed by atoms with Crippen LogP contribution in [-0.2, 0) is 6.54 Å². The maximum atomic E-state index is 12.6. The van der Waals surface area contributed by atoms with Gasteiger partial charge in [0.05, 0.1) is 16.7 Å². The second-order valence-corrected chi connectivity index (χ2v) is 9.82. The summed E-state index contributed by atoms with van der Waals surface area (Å²) < 4.78 is 2.02. The lowest BCUT2D eigenvalue weighted by atomic mass is 10.0. The number of aromatic nitrogens is 5. The summed E-state index contributed by atoms with van der Waals surface area (Å²) in [6, 6.07) is 19.7. The molecular formula is C30H27N9O. The van der Waals surface area contributed by atoms with Crippen molar-refractivity contribution in [2.45, 2.75) is 25.4 Å². The number of fused-ring (bicyclic) bond motifs is 1. The topological polar surface area (TPSA) is 139 Å². The zero-order valence-electron chi connectivity index (χ0n) is 21.7. The number of anilines is 1. The number of piperidine rings is 1. The number of benzene rings is 1. The molecule has 0 bridgehead atoms. The van der Waals surface area contributed by atoms with Crippen LogP contribution in [0.25, 0.3) is 28.2 Å². The van der Waals surface area contributed by atoms with Crippen molar-refractivity contribution in [3.63, 3.8) is 0 Å². The zero-order chi connectivity index (χ0) is 27.5. The van der Waals surface area contributed by atoms with Crippen molar-refractivity contribution in [2.75, 3.05) is 18.8 Å². The number of pyridine rings is 3. The van der Waals surface area contributed by atoms with Gasteiger partial charge in [-0.2, -0.15) is 5.26 Å². The summed E-state index contributed by atoms with van der Waals surface area (Å²) in [5.74, 6) is 0.932. The average Bonchev–Trinajstić information content (AvgIpc) is 3.38. The summed E-state index contributed by atoms with van der Waals surface area (Å²) in [5, 5.41) is 12.1. The van der Waals surface area contributed by atoms with Crippen LogP contribution in [0.1, 0.15) is 34.3 Å². The third-order valence-electron chi connectivity index (χ3n) is 7.15. The molecule has 3 N–H and O–H groups in total. The Morgan fingerprint density at radius 1 is 1.05 bits per heavy atom. The van der Waals surface area contributed by atoms with Crippen LogP contribution < -0.4 is 11.1 Å². The summed E-state index contributed by atoms with van der Waals surface area (Å²) in [5.41, 5.74) is 11.4. The third-order valence-corrected chi connectivity index (χ3v) is 7.15. The number of hydrogen-bond donors (Lipinski definition) is 2. The maximum absolute atomic E-state index is 12.6. The number of nitrogen functional groups attached to an aromatic ring is 1. The fourth-order valence-electron chi connectivity index (χ4n) is 5.08. The van der Waals surface area contributed by atoms with Crippen LogP contribution in [0.5, 0.6) is 0 Å². The number of amides is 1. The summed E-state index contributed by atoms with van der Waals surface area (Å²) in [7, 11) is 0. The van der Waals surface area contributed by atoms with Gasteiger partial charge in [0.15, 0.2) is 11.5 Å². The minimum absolute atomic E-state index is 0.0947. The quantitative estimate of drug-likeness (QED) is 0.339. The molecule has 0 unspecified atom stereocenters. The Morgan fingerprint density at radius 3 is 2.60 bits per heavy atom. The van der Waals surface area contributed by atoms with Crippen LogP contribution >= 0.6 is 0 Å². The van der Waals surface area contributed by atoms with Gasteiger partial charge in [-0.05, 0) is 60.9 Å². The first-order chi connectivity index (χ1) is 19.6. The van der Waals surface area contributed by atoms with E-state index in [4.69, 9.17) is 16.0 Å². The molecule has 0 atom stereocenters. The maximum Gasteiger partial charge on any atom is 0.253 e. The molecule has 6 rings (SSSR count). The summed E-state index contributed by atoms with van der Waals surface area (Å²) in [6.07, 6.45) is 8.09. The van der Waals surface area contributed by atoms with E-state index in [1.807, 2.05) is 34.9 Å². The Balaban J connectivity index is 1.13. The number of imidazole rings is 1. The van der Waals surface area contributed by atoms with Crippen LogP contribution in [0, 0.1) is 11.3 Å². The first-order valence-electron chi connectivity index (χ1n) is 13.1. The Labute approximate surface area is 231 Å². The molecule has 4 aromatic heterocycles. The zero-order valence-corrected chi connectivity index (χ0v) is 21.7. The summed E-state index contributed by atoms with van der Waals surface area (Å²) >= 11 is 0. The van der Waals surface area contributed by atoms with Crippen LogP contribution in [0.4, 0.5) is 5.82 Å². The third kappa shape index (κ3) is 5.10. The van der Waals surface area contributed by atoms with E-state index in [1.165, 1.54) is 18.0 Å². The molecule has 10 heteroatoms. The SMILES string of the molecule is N#Cc1cncc(C(=O)NC2CCN(Cc3ccc(-n4c(-c5cccnc5N)nc5cccnc54)cc3)CC2)c1. The highest BCUT2D eigenvalue weighted by atomic mass is 16.1. The highest BCUT2D eigenvalue weighted by molar-refractivity contribution is 5.94. The van der Waals surface area contributed by atoms with Gasteiger partial charge in [-0.15, -0.1) is 0 Å². The molecule has 1 fully saturated rings. The lowest BCUT2D eigenvalue weighted by Gasteiger charge is -2.32. The van der Waals surface area contributed by atoms with Crippen molar-refractivity contribution < 1.29 is 4.79 Å². The first-order valence-corrected chi connectivity index (χ1v) is 13.1. The van der Waals surface area contributed by atoms with Crippen LogP contribution in [0.3, 0.4) is 0 Å². The standard InChI is InChI=1S/C30H27N9O/c31-16-21-15-22(18-33-17-21)30(40)36-23-9-13-38(14-10-23)19-20-5-7-24(8-6-20)39-28(25-3-1-11-34-27(25)32)37-26-4-2-12-35-29(26)39/h1-8,11-12,15,17-18,23H,9-10,13-14,19H2,(H2,32,34)(H,36,40). The predicted octanol–water partition coefficient (Wildman–Crippen LogP) is 3.73. The Morgan fingerprint density at radius 2 is 1.82 bits per heavy atom. The van der Waals surface area contributed by atoms with Crippen LogP contribution in [-0.4, -0.2) is 54.4 Å². The number of carbonyl (C=O) groups is 1. The number of carbonyl (C=O) groups excluding carboxylic acids is 1. The number of likely N-dealkylation sites (tertiary alicyclic amines) is 1. The van der Waals surface area contributed by atoms with Gasteiger partial charge in [-0.3, -0.25) is 19.2 Å². The number of nitriles is 1. The second-order valence-electron chi connectivity index (χ2n) is 9.82. The largest absolute Gasteiger partial charge is 0.383 e. The lowest BCUT2D eigenvalue weighted by molar-refractivity contribution is 0.0908. The summed E-state index contributed by atoms with van der Waals surface area (Å²) in [4.78, 5) is 32.6. The van der Waals surface area contributed by atoms with Crippen molar-refractivity contribution in [3.8, 4) is 23.1 Å². The lowest BCUT2D eigenvalue weighted by Crippen LogP contribution is -2.44. The van der Waals surface area contributed by atoms with E-state index < -0.39 is 0 Å². The normalized spacial score (nSPS) is 14.2. The number of nitrogens with two attached hydrogens (primary N) is 1. The van der Waals surface area contributed by atoms with Gasteiger partial charge >= 0.3 is 0 Å². The highest BCUT2D eigenvalue weighted by Crippen LogP contribution is 2.30. The number of hydrogen-bond acceptors (Lipinski definition) is 8. The van der Waals surface area contributed by atoms with Crippen molar-refractivity contribution >= 4 is 22.9 Å². The van der Waals surface area contributed by atoms with Gasteiger partial charge in [0.2, 0.25) is 0 Å². The molecule has 1 aromatic carbocycles. The van der Waals surface area contributed by atoms with Gasteiger partial charge in [0.25, 0.3) is 5.91 Å². The van der Waals surface area contributed by atoms with Gasteiger partial charge in [-0.25, -0.2) is 15.0 Å². The van der Waals surface area contributed by atoms with Gasteiger partial charge in [-0.1, -0.05) is 12.1 Å². The average molecular weight is 530 g/mol. The fourth-order valence-corrected chi connectivity index (χ4v) is 5.08. The van der Waals surface area contributed by atoms with Crippen molar-refractivity contribution in [2.24, 2.45) is 0 Å². The Hall–Kier alpha value is -5.14. The predicted molar refractivity (Wildman–Crippen MR) is 151 cm³/mol. The van der Waals surface area contributed by atoms with Crippen LogP contribution in [0.2, 0.25) is 0 Å². The minimum Gasteiger partial charge on any atom is -0.383 e. The molecule has 1 saturated heterocycles. The highest BCUT2D eigenvalue weighted by Gasteiger charge is 2.22. The molecule has 0 spiro atoms. The molecule has 0 aliphatic carbocycles. The molecule has 0 saturated carbocycles. The number of nitrogens with zero attached hydrogens (tertiary/aromatic N) is 7. The number of nitrogens with one attached hydrogen (secondary N) is 1. The molecule has 5 aromatic rings. The molecule has 1 amide bonds. The first kappa shape index (κ1) is 25.2. The molecule has 5 heterocycles. The Bertz CT molecular complexity index is 1710. The van der Waals surface area contributed by atoms with E-state index in [2.05, 4.69) is 49.4 Å². The van der Waals surface area contributed by atoms with E-state index in [0.29, 0.717) is 22.8 Å². The molecule has 40 heavy (non-hydrogen) atoms. The van der Waals surface area contributed by atoms with Gasteiger partial charge < -0.3 is 11.1 Å². The van der Waals surface area contributed by atoms with E-state index in [9.17, 15) is 4.79 Å². The Kier molecular flexibility index (Phi) is 6.87. The van der Waals surface area contributed by atoms with E-state index in [-0.39, 0.29) is 11.9 Å². The fraction of sp³-hybridized carbons (Fsp3) is 0.200. The second kappa shape index (κ2) is 10.9. The molecule has 10 nitrogen and oxygen atoms in total. The minimum atomic E-state index is -0.187. The smallest absolute Gasteiger partial charge is 0.253 e. The van der Waals surface area contributed by atoms with Crippen molar-refractivity contribution in [1.82, 2.24) is 34.7 Å². The monoisotopic (exact) mass is 529 g/mol. The summed E-state index contributed by atoms with van der Waals surface area (Å²) in [6.45, 7) is 2.58. The van der Waals surface area contributed by atoms with E-state index in [0.717, 1.165) is 54.9 Å². The molecule has 1 aliphatic heterocycles.